The quantitative estimate of drug-likeness (QED) is 0.718. The fourth-order valence-corrected chi connectivity index (χ4v) is 1.50. The van der Waals surface area contributed by atoms with Crippen LogP contribution in [0.15, 0.2) is 36.5 Å². The molecule has 0 aliphatic heterocycles. The first-order valence-corrected chi connectivity index (χ1v) is 4.70. The summed E-state index contributed by atoms with van der Waals surface area (Å²) in [6.07, 6.45) is 1.01. The SMILES string of the molecule is Cn1nccc1C(O)c1ccc(N)cc1. The summed E-state index contributed by atoms with van der Waals surface area (Å²) in [5, 5.41) is 14.1. The maximum Gasteiger partial charge on any atom is 0.121 e. The van der Waals surface area contributed by atoms with Gasteiger partial charge in [-0.05, 0) is 23.8 Å². The predicted octanol–water partition coefficient (Wildman–Crippen LogP) is 1.08. The lowest BCUT2D eigenvalue weighted by atomic mass is 10.1. The zero-order valence-corrected chi connectivity index (χ0v) is 8.46. The van der Waals surface area contributed by atoms with Crippen molar-refractivity contribution in [3.63, 3.8) is 0 Å². The first-order valence-electron chi connectivity index (χ1n) is 4.70. The molecule has 0 aliphatic carbocycles. The summed E-state index contributed by atoms with van der Waals surface area (Å²) in [6, 6.07) is 8.96. The van der Waals surface area contributed by atoms with Gasteiger partial charge in [-0.2, -0.15) is 5.10 Å². The molecule has 4 heteroatoms. The van der Waals surface area contributed by atoms with Crippen LogP contribution in [0, 0.1) is 0 Å². The van der Waals surface area contributed by atoms with Crippen LogP contribution in [0.1, 0.15) is 17.4 Å². The van der Waals surface area contributed by atoms with Gasteiger partial charge in [-0.3, -0.25) is 4.68 Å². The van der Waals surface area contributed by atoms with Crippen LogP contribution in [0.2, 0.25) is 0 Å². The number of rotatable bonds is 2. The van der Waals surface area contributed by atoms with Crippen molar-refractivity contribution in [3.8, 4) is 0 Å². The fourth-order valence-electron chi connectivity index (χ4n) is 1.50. The molecule has 1 aromatic carbocycles. The van der Waals surface area contributed by atoms with Gasteiger partial charge in [-0.1, -0.05) is 12.1 Å². The summed E-state index contributed by atoms with van der Waals surface area (Å²) >= 11 is 0. The number of aliphatic hydroxyl groups excluding tert-OH is 1. The van der Waals surface area contributed by atoms with Crippen molar-refractivity contribution in [2.24, 2.45) is 7.05 Å². The van der Waals surface area contributed by atoms with E-state index in [9.17, 15) is 5.11 Å². The molecule has 1 unspecified atom stereocenters. The van der Waals surface area contributed by atoms with Gasteiger partial charge in [-0.25, -0.2) is 0 Å². The Bertz CT molecular complexity index is 447. The lowest BCUT2D eigenvalue weighted by Crippen LogP contribution is -2.06. The molecule has 0 saturated heterocycles. The molecule has 3 N–H and O–H groups in total. The number of hydrogen-bond acceptors (Lipinski definition) is 3. The number of anilines is 1. The van der Waals surface area contributed by atoms with E-state index in [1.807, 2.05) is 12.1 Å². The summed E-state index contributed by atoms with van der Waals surface area (Å²) in [6.45, 7) is 0. The van der Waals surface area contributed by atoms with Crippen LogP contribution in [0.5, 0.6) is 0 Å². The Morgan fingerprint density at radius 1 is 1.27 bits per heavy atom. The van der Waals surface area contributed by atoms with E-state index >= 15 is 0 Å². The molecule has 2 aromatic rings. The number of aryl methyl sites for hydroxylation is 1. The summed E-state index contributed by atoms with van der Waals surface area (Å²) in [5.41, 5.74) is 7.84. The van der Waals surface area contributed by atoms with Gasteiger partial charge in [0.2, 0.25) is 0 Å². The number of benzene rings is 1. The van der Waals surface area contributed by atoms with Gasteiger partial charge in [0.1, 0.15) is 6.10 Å². The zero-order valence-electron chi connectivity index (χ0n) is 8.46. The number of hydrogen-bond donors (Lipinski definition) is 2. The monoisotopic (exact) mass is 203 g/mol. The van der Waals surface area contributed by atoms with E-state index < -0.39 is 6.10 Å². The van der Waals surface area contributed by atoms with Crippen molar-refractivity contribution >= 4 is 5.69 Å². The highest BCUT2D eigenvalue weighted by atomic mass is 16.3. The Kier molecular flexibility index (Phi) is 2.43. The van der Waals surface area contributed by atoms with E-state index in [0.717, 1.165) is 11.3 Å². The van der Waals surface area contributed by atoms with Gasteiger partial charge in [0.05, 0.1) is 5.69 Å². The van der Waals surface area contributed by atoms with Crippen LogP contribution in [-0.2, 0) is 7.05 Å². The van der Waals surface area contributed by atoms with E-state index in [-0.39, 0.29) is 0 Å². The fraction of sp³-hybridized carbons (Fsp3) is 0.182. The highest BCUT2D eigenvalue weighted by molar-refractivity contribution is 5.41. The molecule has 1 heterocycles. The third-order valence-electron chi connectivity index (χ3n) is 2.39. The van der Waals surface area contributed by atoms with Crippen molar-refractivity contribution in [2.75, 3.05) is 5.73 Å². The predicted molar refractivity (Wildman–Crippen MR) is 58.1 cm³/mol. The number of nitrogen functional groups attached to an aromatic ring is 1. The molecular formula is C11H13N3O. The molecule has 2 rings (SSSR count). The second kappa shape index (κ2) is 3.74. The van der Waals surface area contributed by atoms with Crippen LogP contribution >= 0.6 is 0 Å². The Morgan fingerprint density at radius 3 is 2.47 bits per heavy atom. The van der Waals surface area contributed by atoms with Crippen LogP contribution < -0.4 is 5.73 Å². The summed E-state index contributed by atoms with van der Waals surface area (Å²) in [7, 11) is 1.80. The van der Waals surface area contributed by atoms with E-state index in [2.05, 4.69) is 5.10 Å². The van der Waals surface area contributed by atoms with Crippen molar-refractivity contribution in [1.82, 2.24) is 9.78 Å². The third kappa shape index (κ3) is 1.85. The molecule has 0 saturated carbocycles. The van der Waals surface area contributed by atoms with Gasteiger partial charge < -0.3 is 10.8 Å². The average Bonchev–Trinajstić information content (AvgIpc) is 2.65. The van der Waals surface area contributed by atoms with E-state index in [0.29, 0.717) is 5.69 Å². The third-order valence-corrected chi connectivity index (χ3v) is 2.39. The van der Waals surface area contributed by atoms with E-state index in [1.165, 1.54) is 0 Å². The van der Waals surface area contributed by atoms with E-state index in [1.54, 1.807) is 36.1 Å². The molecular weight excluding hydrogens is 190 g/mol. The molecule has 1 aromatic heterocycles. The Labute approximate surface area is 88.0 Å². The largest absolute Gasteiger partial charge is 0.399 e. The molecule has 15 heavy (non-hydrogen) atoms. The van der Waals surface area contributed by atoms with Gasteiger partial charge in [0, 0.05) is 18.9 Å². The summed E-state index contributed by atoms with van der Waals surface area (Å²) in [5.74, 6) is 0. The lowest BCUT2D eigenvalue weighted by molar-refractivity contribution is 0.210. The molecule has 4 nitrogen and oxygen atoms in total. The molecule has 0 spiro atoms. The molecule has 0 bridgehead atoms. The minimum Gasteiger partial charge on any atom is -0.399 e. The first kappa shape index (κ1) is 9.73. The molecule has 1 atom stereocenters. The Hall–Kier alpha value is -1.81. The molecule has 0 radical (unpaired) electrons. The highest BCUT2D eigenvalue weighted by Crippen LogP contribution is 2.21. The molecule has 0 amide bonds. The number of aromatic nitrogens is 2. The topological polar surface area (TPSA) is 64.1 Å². The van der Waals surface area contributed by atoms with Gasteiger partial charge in [0.25, 0.3) is 0 Å². The Balaban J connectivity index is 2.32. The number of nitrogens with zero attached hydrogens (tertiary/aromatic N) is 2. The van der Waals surface area contributed by atoms with Gasteiger partial charge in [0.15, 0.2) is 0 Å². The van der Waals surface area contributed by atoms with E-state index in [4.69, 9.17) is 5.73 Å². The Morgan fingerprint density at radius 2 is 1.93 bits per heavy atom. The molecule has 0 fully saturated rings. The highest BCUT2D eigenvalue weighted by Gasteiger charge is 2.13. The molecule has 0 aliphatic rings. The van der Waals surface area contributed by atoms with Crippen LogP contribution in [-0.4, -0.2) is 14.9 Å². The van der Waals surface area contributed by atoms with Crippen molar-refractivity contribution < 1.29 is 5.11 Å². The second-order valence-corrected chi connectivity index (χ2v) is 3.45. The smallest absolute Gasteiger partial charge is 0.121 e. The maximum atomic E-state index is 10.1. The van der Waals surface area contributed by atoms with Crippen LogP contribution in [0.25, 0.3) is 0 Å². The van der Waals surface area contributed by atoms with Gasteiger partial charge in [-0.15, -0.1) is 0 Å². The first-order chi connectivity index (χ1) is 7.18. The summed E-state index contributed by atoms with van der Waals surface area (Å²) < 4.78 is 1.65. The van der Waals surface area contributed by atoms with Gasteiger partial charge >= 0.3 is 0 Å². The molecule has 78 valence electrons. The average molecular weight is 203 g/mol. The van der Waals surface area contributed by atoms with Crippen molar-refractivity contribution in [1.29, 1.82) is 0 Å². The minimum absolute atomic E-state index is 0.655. The lowest BCUT2D eigenvalue weighted by Gasteiger charge is -2.11. The second-order valence-electron chi connectivity index (χ2n) is 3.45. The maximum absolute atomic E-state index is 10.1. The zero-order chi connectivity index (χ0) is 10.8. The van der Waals surface area contributed by atoms with Crippen LogP contribution in [0.4, 0.5) is 5.69 Å². The normalized spacial score (nSPS) is 12.7. The summed E-state index contributed by atoms with van der Waals surface area (Å²) in [4.78, 5) is 0. The van der Waals surface area contributed by atoms with Crippen molar-refractivity contribution in [2.45, 2.75) is 6.10 Å². The number of nitrogens with two attached hydrogens (primary N) is 1. The standard InChI is InChI=1S/C11H13N3O/c1-14-10(6-7-13-14)11(15)8-2-4-9(12)5-3-8/h2-7,11,15H,12H2,1H3. The number of aliphatic hydroxyl groups is 1. The van der Waals surface area contributed by atoms with Crippen LogP contribution in [0.3, 0.4) is 0 Å². The minimum atomic E-state index is -0.655. The van der Waals surface area contributed by atoms with Crippen molar-refractivity contribution in [3.05, 3.63) is 47.8 Å².